The second kappa shape index (κ2) is 7.35. The molecule has 0 unspecified atom stereocenters. The lowest BCUT2D eigenvalue weighted by atomic mass is 9.85. The van der Waals surface area contributed by atoms with Crippen LogP contribution in [0.4, 0.5) is 0 Å². The van der Waals surface area contributed by atoms with Crippen LogP contribution in [-0.4, -0.2) is 64.0 Å². The third kappa shape index (κ3) is 3.47. The molecule has 4 heterocycles. The summed E-state index contributed by atoms with van der Waals surface area (Å²) in [5.41, 5.74) is 0.538. The van der Waals surface area contributed by atoms with Gasteiger partial charge in [0.1, 0.15) is 5.65 Å². The first kappa shape index (κ1) is 19.5. The van der Waals surface area contributed by atoms with Crippen molar-refractivity contribution < 1.29 is 8.42 Å². The summed E-state index contributed by atoms with van der Waals surface area (Å²) in [7, 11) is -2.86. The van der Waals surface area contributed by atoms with E-state index >= 15 is 0 Å². The highest BCUT2D eigenvalue weighted by Crippen LogP contribution is 2.34. The van der Waals surface area contributed by atoms with E-state index < -0.39 is 15.4 Å². The van der Waals surface area contributed by atoms with Gasteiger partial charge in [0.05, 0.1) is 22.4 Å². The molecule has 9 nitrogen and oxygen atoms in total. The molecule has 0 atom stereocenters. The lowest BCUT2D eigenvalue weighted by molar-refractivity contribution is 0.190. The van der Waals surface area contributed by atoms with Gasteiger partial charge in [-0.15, -0.1) is 0 Å². The predicted octanol–water partition coefficient (Wildman–Crippen LogP) is 1.03. The van der Waals surface area contributed by atoms with Crippen molar-refractivity contribution in [3.05, 3.63) is 39.3 Å². The Labute approximate surface area is 173 Å². The van der Waals surface area contributed by atoms with Crippen molar-refractivity contribution in [1.29, 1.82) is 0 Å². The summed E-state index contributed by atoms with van der Waals surface area (Å²) < 4.78 is 25.0. The number of aromatic nitrogens is 4. The molecule has 2 fully saturated rings. The molecule has 2 N–H and O–H groups in total. The Morgan fingerprint density at radius 2 is 1.80 bits per heavy atom. The van der Waals surface area contributed by atoms with Gasteiger partial charge in [-0.2, -0.15) is 0 Å². The van der Waals surface area contributed by atoms with E-state index in [0.29, 0.717) is 35.6 Å². The molecule has 3 aromatic rings. The largest absolute Gasteiger partial charge is 0.346 e. The van der Waals surface area contributed by atoms with Crippen molar-refractivity contribution >= 4 is 31.8 Å². The first-order chi connectivity index (χ1) is 14.4. The Bertz CT molecular complexity index is 1300. The minimum absolute atomic E-state index is 0.0235. The normalized spacial score (nSPS) is 25.1. The van der Waals surface area contributed by atoms with Crippen LogP contribution in [0.2, 0.25) is 0 Å². The zero-order valence-corrected chi connectivity index (χ0v) is 17.5. The minimum Gasteiger partial charge on any atom is -0.346 e. The monoisotopic (exact) mass is 431 g/mol. The first-order valence-electron chi connectivity index (χ1n) is 10.4. The fourth-order valence-corrected chi connectivity index (χ4v) is 6.25. The van der Waals surface area contributed by atoms with Crippen molar-refractivity contribution in [3.63, 3.8) is 0 Å². The Morgan fingerprint density at radius 1 is 1.07 bits per heavy atom. The molecule has 5 rings (SSSR count). The SMILES string of the molecule is O=c1[nH]c(=O)n(C2CCC(CN3CCS(=O)(=O)CC3)CC2)c2c1cnc1[nH]ccc12. The molecule has 1 saturated carbocycles. The van der Waals surface area contributed by atoms with E-state index in [2.05, 4.69) is 19.9 Å². The molecule has 160 valence electrons. The Morgan fingerprint density at radius 3 is 2.53 bits per heavy atom. The molecular formula is C20H25N5O4S. The Hall–Kier alpha value is -2.46. The highest BCUT2D eigenvalue weighted by molar-refractivity contribution is 7.91. The summed E-state index contributed by atoms with van der Waals surface area (Å²) in [6, 6.07) is 1.88. The molecule has 1 aliphatic carbocycles. The molecule has 0 aromatic carbocycles. The minimum atomic E-state index is -2.86. The van der Waals surface area contributed by atoms with Gasteiger partial charge in [0.15, 0.2) is 9.84 Å². The average Bonchev–Trinajstić information content (AvgIpc) is 3.20. The molecule has 3 aromatic heterocycles. The van der Waals surface area contributed by atoms with Crippen LogP contribution >= 0.6 is 0 Å². The van der Waals surface area contributed by atoms with Crippen LogP contribution in [0.5, 0.6) is 0 Å². The van der Waals surface area contributed by atoms with Gasteiger partial charge in [-0.05, 0) is 37.7 Å². The lowest BCUT2D eigenvalue weighted by Gasteiger charge is -2.35. The zero-order chi connectivity index (χ0) is 20.9. The third-order valence-electron chi connectivity index (χ3n) is 6.62. The maximum absolute atomic E-state index is 12.8. The second-order valence-electron chi connectivity index (χ2n) is 8.52. The molecule has 0 radical (unpaired) electrons. The van der Waals surface area contributed by atoms with E-state index in [1.165, 1.54) is 6.20 Å². The fourth-order valence-electron chi connectivity index (χ4n) is 4.98. The number of sulfone groups is 1. The summed E-state index contributed by atoms with van der Waals surface area (Å²) in [5, 5.41) is 1.21. The number of rotatable bonds is 3. The van der Waals surface area contributed by atoms with Gasteiger partial charge in [0.25, 0.3) is 5.56 Å². The van der Waals surface area contributed by atoms with E-state index in [1.807, 2.05) is 6.07 Å². The molecular weight excluding hydrogens is 406 g/mol. The molecule has 0 spiro atoms. The van der Waals surface area contributed by atoms with E-state index in [0.717, 1.165) is 37.6 Å². The standard InChI is InChI=1S/C20H25N5O4S/c26-19-16-11-22-18-15(5-6-21-18)17(16)25(20(27)23-19)14-3-1-13(2-4-14)12-24-7-9-30(28,29)10-8-24/h5-6,11,13-14H,1-4,7-10,12H2,(H,21,22)(H,23,26,27). The number of nitrogens with one attached hydrogen (secondary N) is 2. The van der Waals surface area contributed by atoms with Crippen molar-refractivity contribution in [2.75, 3.05) is 31.1 Å². The Kier molecular flexibility index (Phi) is 4.78. The van der Waals surface area contributed by atoms with Crippen molar-refractivity contribution in [3.8, 4) is 0 Å². The van der Waals surface area contributed by atoms with Crippen LogP contribution in [-0.2, 0) is 9.84 Å². The highest BCUT2D eigenvalue weighted by atomic mass is 32.2. The van der Waals surface area contributed by atoms with Crippen LogP contribution in [0.15, 0.2) is 28.0 Å². The quantitative estimate of drug-likeness (QED) is 0.639. The van der Waals surface area contributed by atoms with Gasteiger partial charge in [-0.25, -0.2) is 18.2 Å². The first-order valence-corrected chi connectivity index (χ1v) is 12.3. The van der Waals surface area contributed by atoms with Crippen LogP contribution in [0, 0.1) is 5.92 Å². The number of fused-ring (bicyclic) bond motifs is 3. The van der Waals surface area contributed by atoms with Crippen molar-refractivity contribution in [1.82, 2.24) is 24.4 Å². The average molecular weight is 432 g/mol. The third-order valence-corrected chi connectivity index (χ3v) is 8.23. The fraction of sp³-hybridized carbons (Fsp3) is 0.550. The second-order valence-corrected chi connectivity index (χ2v) is 10.8. The van der Waals surface area contributed by atoms with Crippen LogP contribution < -0.4 is 11.2 Å². The van der Waals surface area contributed by atoms with E-state index in [4.69, 9.17) is 0 Å². The van der Waals surface area contributed by atoms with Gasteiger partial charge < -0.3 is 9.88 Å². The summed E-state index contributed by atoms with van der Waals surface area (Å²) in [4.78, 5) is 37.2. The maximum Gasteiger partial charge on any atom is 0.329 e. The summed E-state index contributed by atoms with van der Waals surface area (Å²) in [6.07, 6.45) is 6.95. The number of nitrogens with zero attached hydrogens (tertiary/aromatic N) is 3. The number of H-pyrrole nitrogens is 2. The summed E-state index contributed by atoms with van der Waals surface area (Å²) in [6.45, 7) is 2.14. The lowest BCUT2D eigenvalue weighted by Crippen LogP contribution is -2.43. The molecule has 10 heteroatoms. The Balaban J connectivity index is 1.38. The van der Waals surface area contributed by atoms with Crippen LogP contribution in [0.3, 0.4) is 0 Å². The topological polar surface area (TPSA) is 121 Å². The molecule has 1 aliphatic heterocycles. The molecule has 0 amide bonds. The van der Waals surface area contributed by atoms with Gasteiger partial charge in [-0.1, -0.05) is 0 Å². The highest BCUT2D eigenvalue weighted by Gasteiger charge is 2.29. The van der Waals surface area contributed by atoms with Crippen molar-refractivity contribution in [2.24, 2.45) is 5.92 Å². The smallest absolute Gasteiger partial charge is 0.329 e. The predicted molar refractivity (Wildman–Crippen MR) is 115 cm³/mol. The maximum atomic E-state index is 12.8. The van der Waals surface area contributed by atoms with Gasteiger partial charge in [-0.3, -0.25) is 14.3 Å². The molecule has 1 saturated heterocycles. The van der Waals surface area contributed by atoms with Crippen LogP contribution in [0.1, 0.15) is 31.7 Å². The van der Waals surface area contributed by atoms with Crippen LogP contribution in [0.25, 0.3) is 21.9 Å². The van der Waals surface area contributed by atoms with E-state index in [-0.39, 0.29) is 23.2 Å². The number of hydrogen-bond donors (Lipinski definition) is 2. The molecule has 30 heavy (non-hydrogen) atoms. The van der Waals surface area contributed by atoms with Gasteiger partial charge in [0.2, 0.25) is 0 Å². The number of pyridine rings is 1. The molecule has 2 aliphatic rings. The van der Waals surface area contributed by atoms with E-state index in [9.17, 15) is 18.0 Å². The van der Waals surface area contributed by atoms with E-state index in [1.54, 1.807) is 10.8 Å². The van der Waals surface area contributed by atoms with Gasteiger partial charge in [0, 0.05) is 43.5 Å². The number of hydrogen-bond acceptors (Lipinski definition) is 6. The molecule has 0 bridgehead atoms. The van der Waals surface area contributed by atoms with Crippen molar-refractivity contribution in [2.45, 2.75) is 31.7 Å². The zero-order valence-electron chi connectivity index (χ0n) is 16.6. The summed E-state index contributed by atoms with van der Waals surface area (Å²) in [5.74, 6) is 1.00. The summed E-state index contributed by atoms with van der Waals surface area (Å²) >= 11 is 0. The number of aromatic amines is 2. The van der Waals surface area contributed by atoms with Gasteiger partial charge >= 0.3 is 5.69 Å².